The van der Waals surface area contributed by atoms with Crippen LogP contribution in [0.2, 0.25) is 0 Å². The number of Topliss-reactive ketones (excluding diaryl/α,β-unsaturated/α-hetero) is 1. The predicted octanol–water partition coefficient (Wildman–Crippen LogP) is 2.98. The Hall–Kier alpha value is -3.00. The maximum absolute atomic E-state index is 12.5. The molecule has 0 bridgehead atoms. The number of carbonyl (C=O) groups is 2. The number of carbonyl (C=O) groups excluding carboxylic acids is 2. The zero-order valence-electron chi connectivity index (χ0n) is 16.3. The number of nitrogens with one attached hydrogen (secondary N) is 3. The number of nitrogens with zero attached hydrogens (tertiary/aromatic N) is 1. The third-order valence-corrected chi connectivity index (χ3v) is 5.94. The van der Waals surface area contributed by atoms with Crippen LogP contribution in [0.25, 0.3) is 10.2 Å². The third-order valence-electron chi connectivity index (χ3n) is 4.94. The number of pyridine rings is 1. The molecule has 0 atom stereocenters. The summed E-state index contributed by atoms with van der Waals surface area (Å²) in [5.74, 6) is -0.531. The first-order valence-electron chi connectivity index (χ1n) is 9.49. The minimum atomic E-state index is -0.488. The lowest BCUT2D eigenvalue weighted by atomic mass is 9.75. The van der Waals surface area contributed by atoms with E-state index in [1.54, 1.807) is 11.3 Å². The van der Waals surface area contributed by atoms with Gasteiger partial charge in [-0.3, -0.25) is 14.4 Å². The monoisotopic (exact) mass is 410 g/mol. The fourth-order valence-electron chi connectivity index (χ4n) is 3.59. The molecule has 0 saturated heterocycles. The third kappa shape index (κ3) is 4.07. The number of para-hydroxylation sites is 1. The number of benzene rings is 1. The van der Waals surface area contributed by atoms with E-state index in [1.807, 2.05) is 38.1 Å². The highest BCUT2D eigenvalue weighted by atomic mass is 32.1. The van der Waals surface area contributed by atoms with Crippen molar-refractivity contribution in [2.75, 3.05) is 18.4 Å². The molecular formula is C21H22N4O3S. The number of amides is 1. The maximum atomic E-state index is 12.5. The van der Waals surface area contributed by atoms with Crippen LogP contribution in [0, 0.1) is 5.41 Å². The van der Waals surface area contributed by atoms with Gasteiger partial charge in [-0.1, -0.05) is 37.3 Å². The van der Waals surface area contributed by atoms with Crippen LogP contribution in [0.1, 0.15) is 46.7 Å². The largest absolute Gasteiger partial charge is 0.360 e. The predicted molar refractivity (Wildman–Crippen MR) is 114 cm³/mol. The van der Waals surface area contributed by atoms with Crippen molar-refractivity contribution in [1.29, 1.82) is 0 Å². The van der Waals surface area contributed by atoms with Crippen LogP contribution >= 0.6 is 11.3 Å². The van der Waals surface area contributed by atoms with E-state index in [-0.39, 0.29) is 16.8 Å². The Morgan fingerprint density at radius 3 is 2.79 bits per heavy atom. The van der Waals surface area contributed by atoms with E-state index in [1.165, 1.54) is 6.07 Å². The van der Waals surface area contributed by atoms with E-state index in [0.29, 0.717) is 37.2 Å². The van der Waals surface area contributed by atoms with Gasteiger partial charge in [-0.25, -0.2) is 4.98 Å². The Bertz CT molecular complexity index is 1130. The number of rotatable bonds is 5. The van der Waals surface area contributed by atoms with E-state index >= 15 is 0 Å². The molecule has 0 fully saturated rings. The van der Waals surface area contributed by atoms with Gasteiger partial charge in [-0.15, -0.1) is 0 Å². The molecule has 8 heteroatoms. The van der Waals surface area contributed by atoms with Gasteiger partial charge in [0.25, 0.3) is 11.5 Å². The Morgan fingerprint density at radius 1 is 1.21 bits per heavy atom. The Labute approximate surface area is 171 Å². The average molecular weight is 410 g/mol. The van der Waals surface area contributed by atoms with Crippen molar-refractivity contribution in [3.63, 3.8) is 0 Å². The molecule has 0 saturated carbocycles. The summed E-state index contributed by atoms with van der Waals surface area (Å²) in [5.41, 5.74) is 1.30. The summed E-state index contributed by atoms with van der Waals surface area (Å²) in [6.45, 7) is 4.78. The summed E-state index contributed by atoms with van der Waals surface area (Å²) in [6, 6.07) is 9.29. The number of aromatic amines is 1. The Balaban J connectivity index is 1.39. The zero-order chi connectivity index (χ0) is 20.6. The molecule has 1 amide bonds. The number of anilines is 1. The number of ketones is 1. The molecule has 4 rings (SSSR count). The second-order valence-corrected chi connectivity index (χ2v) is 9.05. The highest BCUT2D eigenvalue weighted by Gasteiger charge is 2.32. The van der Waals surface area contributed by atoms with Gasteiger partial charge < -0.3 is 15.6 Å². The molecule has 29 heavy (non-hydrogen) atoms. The van der Waals surface area contributed by atoms with Gasteiger partial charge in [0.1, 0.15) is 5.56 Å². The number of hydrogen-bond acceptors (Lipinski definition) is 6. The molecule has 3 N–H and O–H groups in total. The Morgan fingerprint density at radius 2 is 2.00 bits per heavy atom. The summed E-state index contributed by atoms with van der Waals surface area (Å²) in [4.78, 5) is 44.4. The molecule has 1 aromatic carbocycles. The SMILES string of the molecule is CC1(C)CC(=O)c2cc(C(=O)NCCNc3nc4ccccc4s3)c(=O)[nH]c2C1. The number of hydrogen-bond donors (Lipinski definition) is 3. The highest BCUT2D eigenvalue weighted by molar-refractivity contribution is 7.22. The standard InChI is InChI=1S/C21H22N4O3S/c1-21(2)10-15-12(16(26)11-21)9-13(19(28)24-15)18(27)22-7-8-23-20-25-14-5-3-4-6-17(14)29-20/h3-6,9H,7-8,10-11H2,1-2H3,(H,22,27)(H,23,25)(H,24,28). The van der Waals surface area contributed by atoms with E-state index in [0.717, 1.165) is 15.3 Å². The molecule has 2 heterocycles. The number of H-pyrrole nitrogens is 1. The maximum Gasteiger partial charge on any atom is 0.261 e. The van der Waals surface area contributed by atoms with Crippen molar-refractivity contribution >= 4 is 38.4 Å². The quantitative estimate of drug-likeness (QED) is 0.561. The zero-order valence-corrected chi connectivity index (χ0v) is 17.1. The van der Waals surface area contributed by atoms with Crippen LogP contribution in [-0.2, 0) is 6.42 Å². The molecule has 0 unspecified atom stereocenters. The van der Waals surface area contributed by atoms with Crippen molar-refractivity contribution in [2.24, 2.45) is 5.41 Å². The molecule has 2 aromatic heterocycles. The lowest BCUT2D eigenvalue weighted by Gasteiger charge is -2.29. The number of aromatic nitrogens is 2. The minimum Gasteiger partial charge on any atom is -0.360 e. The van der Waals surface area contributed by atoms with E-state index in [9.17, 15) is 14.4 Å². The summed E-state index contributed by atoms with van der Waals surface area (Å²) < 4.78 is 1.09. The summed E-state index contributed by atoms with van der Waals surface area (Å²) in [5, 5.41) is 6.68. The van der Waals surface area contributed by atoms with Crippen LogP contribution in [0.5, 0.6) is 0 Å². The molecule has 150 valence electrons. The van der Waals surface area contributed by atoms with Crippen molar-refractivity contribution in [1.82, 2.24) is 15.3 Å². The van der Waals surface area contributed by atoms with Gasteiger partial charge in [0.05, 0.1) is 10.2 Å². The molecule has 7 nitrogen and oxygen atoms in total. The molecule has 1 aliphatic carbocycles. The normalized spacial score (nSPS) is 15.2. The molecule has 0 radical (unpaired) electrons. The lowest BCUT2D eigenvalue weighted by Crippen LogP contribution is -2.36. The highest BCUT2D eigenvalue weighted by Crippen LogP contribution is 2.33. The number of thiazole rings is 1. The van der Waals surface area contributed by atoms with Gasteiger partial charge in [-0.2, -0.15) is 0 Å². The van der Waals surface area contributed by atoms with Crippen molar-refractivity contribution < 1.29 is 9.59 Å². The first-order chi connectivity index (χ1) is 13.8. The van der Waals surface area contributed by atoms with E-state index < -0.39 is 11.5 Å². The fraction of sp³-hybridized carbons (Fsp3) is 0.333. The van der Waals surface area contributed by atoms with E-state index in [4.69, 9.17) is 0 Å². The van der Waals surface area contributed by atoms with Gasteiger partial charge in [0.15, 0.2) is 10.9 Å². The van der Waals surface area contributed by atoms with Crippen LogP contribution in [0.3, 0.4) is 0 Å². The summed E-state index contributed by atoms with van der Waals surface area (Å²) in [7, 11) is 0. The van der Waals surface area contributed by atoms with Crippen LogP contribution < -0.4 is 16.2 Å². The molecule has 1 aliphatic rings. The van der Waals surface area contributed by atoms with Gasteiger partial charge >= 0.3 is 0 Å². The molecular weight excluding hydrogens is 388 g/mol. The lowest BCUT2D eigenvalue weighted by molar-refractivity contribution is 0.0910. The molecule has 0 aliphatic heterocycles. The van der Waals surface area contributed by atoms with Crippen molar-refractivity contribution in [3.8, 4) is 0 Å². The molecule has 0 spiro atoms. The minimum absolute atomic E-state index is 0.0307. The topological polar surface area (TPSA) is 104 Å². The van der Waals surface area contributed by atoms with Crippen molar-refractivity contribution in [2.45, 2.75) is 26.7 Å². The smallest absolute Gasteiger partial charge is 0.261 e. The second kappa shape index (κ2) is 7.44. The van der Waals surface area contributed by atoms with Crippen LogP contribution in [0.15, 0.2) is 35.1 Å². The molecule has 3 aromatic rings. The van der Waals surface area contributed by atoms with Gasteiger partial charge in [0.2, 0.25) is 0 Å². The van der Waals surface area contributed by atoms with Gasteiger partial charge in [0, 0.05) is 30.8 Å². The van der Waals surface area contributed by atoms with Crippen LogP contribution in [0.4, 0.5) is 5.13 Å². The first-order valence-corrected chi connectivity index (χ1v) is 10.3. The average Bonchev–Trinajstić information content (AvgIpc) is 3.06. The van der Waals surface area contributed by atoms with E-state index in [2.05, 4.69) is 20.6 Å². The Kier molecular flexibility index (Phi) is 4.96. The summed E-state index contributed by atoms with van der Waals surface area (Å²) in [6.07, 6.45) is 1.01. The van der Waals surface area contributed by atoms with Gasteiger partial charge in [-0.05, 0) is 30.0 Å². The first kappa shape index (κ1) is 19.3. The second-order valence-electron chi connectivity index (χ2n) is 8.01. The van der Waals surface area contributed by atoms with Crippen LogP contribution in [-0.4, -0.2) is 34.7 Å². The number of fused-ring (bicyclic) bond motifs is 2. The fourth-order valence-corrected chi connectivity index (χ4v) is 4.48. The van der Waals surface area contributed by atoms with Crippen molar-refractivity contribution in [3.05, 3.63) is 57.5 Å². The summed E-state index contributed by atoms with van der Waals surface area (Å²) >= 11 is 1.54.